The summed E-state index contributed by atoms with van der Waals surface area (Å²) >= 11 is 3.64. The first-order valence-electron chi connectivity index (χ1n) is 10.1. The normalized spacial score (nSPS) is 14.9. The van der Waals surface area contributed by atoms with E-state index < -0.39 is 0 Å². The Kier molecular flexibility index (Phi) is 6.43. The molecule has 29 heavy (non-hydrogen) atoms. The van der Waals surface area contributed by atoms with Crippen molar-refractivity contribution >= 4 is 21.8 Å². The van der Waals surface area contributed by atoms with Crippen molar-refractivity contribution in [3.63, 3.8) is 0 Å². The van der Waals surface area contributed by atoms with Gasteiger partial charge in [0, 0.05) is 37.2 Å². The molecular formula is C25H25BrN2O. The Morgan fingerprint density at radius 2 is 1.28 bits per heavy atom. The minimum atomic E-state index is -0.243. The van der Waals surface area contributed by atoms with E-state index in [9.17, 15) is 4.79 Å². The average Bonchev–Trinajstić information content (AvgIpc) is 2.77. The van der Waals surface area contributed by atoms with Gasteiger partial charge in [-0.25, -0.2) is 0 Å². The summed E-state index contributed by atoms with van der Waals surface area (Å²) in [5.41, 5.74) is 3.40. The number of rotatable bonds is 5. The molecule has 1 fully saturated rings. The topological polar surface area (TPSA) is 23.6 Å². The first kappa shape index (κ1) is 19.9. The van der Waals surface area contributed by atoms with Gasteiger partial charge in [-0.15, -0.1) is 0 Å². The standard InChI is InChI=1S/C25H25BrN2O/c26-23-14-8-7-13-22(23)19-27-15-17-28(18-16-27)25(29)24(20-9-3-1-4-10-20)21-11-5-2-6-12-21/h1-14,24H,15-19H2. The third kappa shape index (κ3) is 4.77. The summed E-state index contributed by atoms with van der Waals surface area (Å²) in [6.07, 6.45) is 0. The molecule has 4 rings (SSSR count). The van der Waals surface area contributed by atoms with Gasteiger partial charge in [0.1, 0.15) is 0 Å². The molecule has 3 nitrogen and oxygen atoms in total. The second-order valence-electron chi connectivity index (χ2n) is 7.45. The van der Waals surface area contributed by atoms with Crippen molar-refractivity contribution in [2.45, 2.75) is 12.5 Å². The van der Waals surface area contributed by atoms with Crippen LogP contribution in [0.1, 0.15) is 22.6 Å². The number of amides is 1. The predicted molar refractivity (Wildman–Crippen MR) is 121 cm³/mol. The lowest BCUT2D eigenvalue weighted by molar-refractivity contribution is -0.133. The summed E-state index contributed by atoms with van der Waals surface area (Å²) in [5, 5.41) is 0. The van der Waals surface area contributed by atoms with Crippen LogP contribution >= 0.6 is 15.9 Å². The molecule has 1 aliphatic heterocycles. The molecule has 0 aromatic heterocycles. The maximum absolute atomic E-state index is 13.5. The van der Waals surface area contributed by atoms with E-state index in [0.29, 0.717) is 0 Å². The summed E-state index contributed by atoms with van der Waals surface area (Å²) in [6, 6.07) is 28.6. The fraction of sp³-hybridized carbons (Fsp3) is 0.240. The van der Waals surface area contributed by atoms with Crippen molar-refractivity contribution < 1.29 is 4.79 Å². The van der Waals surface area contributed by atoms with Crippen molar-refractivity contribution in [1.29, 1.82) is 0 Å². The van der Waals surface area contributed by atoms with Crippen LogP contribution in [0, 0.1) is 0 Å². The molecule has 1 aliphatic rings. The molecule has 0 aliphatic carbocycles. The van der Waals surface area contributed by atoms with Gasteiger partial charge in [0.2, 0.25) is 5.91 Å². The highest BCUT2D eigenvalue weighted by molar-refractivity contribution is 9.10. The van der Waals surface area contributed by atoms with Crippen LogP contribution in [0.5, 0.6) is 0 Å². The molecule has 1 amide bonds. The smallest absolute Gasteiger partial charge is 0.234 e. The number of benzene rings is 3. The van der Waals surface area contributed by atoms with Gasteiger partial charge in [0.05, 0.1) is 5.92 Å². The Labute approximate surface area is 181 Å². The third-order valence-corrected chi connectivity index (χ3v) is 6.32. The van der Waals surface area contributed by atoms with Gasteiger partial charge in [0.15, 0.2) is 0 Å². The molecule has 148 valence electrons. The molecule has 0 bridgehead atoms. The Morgan fingerprint density at radius 1 is 0.759 bits per heavy atom. The van der Waals surface area contributed by atoms with Gasteiger partial charge in [-0.05, 0) is 22.8 Å². The second-order valence-corrected chi connectivity index (χ2v) is 8.30. The summed E-state index contributed by atoms with van der Waals surface area (Å²) < 4.78 is 1.15. The number of piperazine rings is 1. The van der Waals surface area contributed by atoms with Crippen LogP contribution in [0.15, 0.2) is 89.4 Å². The molecule has 3 aromatic carbocycles. The number of carbonyl (C=O) groups excluding carboxylic acids is 1. The fourth-order valence-electron chi connectivity index (χ4n) is 3.95. The number of nitrogens with zero attached hydrogens (tertiary/aromatic N) is 2. The molecule has 1 heterocycles. The zero-order chi connectivity index (χ0) is 20.1. The van der Waals surface area contributed by atoms with E-state index >= 15 is 0 Å². The summed E-state index contributed by atoms with van der Waals surface area (Å²) in [5.74, 6) is -0.0461. The van der Waals surface area contributed by atoms with Crippen LogP contribution in [-0.4, -0.2) is 41.9 Å². The highest BCUT2D eigenvalue weighted by atomic mass is 79.9. The zero-order valence-electron chi connectivity index (χ0n) is 16.4. The third-order valence-electron chi connectivity index (χ3n) is 5.55. The molecule has 0 unspecified atom stereocenters. The zero-order valence-corrected chi connectivity index (χ0v) is 18.0. The van der Waals surface area contributed by atoms with E-state index in [-0.39, 0.29) is 11.8 Å². The Bertz CT molecular complexity index is 898. The van der Waals surface area contributed by atoms with Crippen LogP contribution in [0.3, 0.4) is 0 Å². The molecule has 4 heteroatoms. The molecule has 3 aromatic rings. The van der Waals surface area contributed by atoms with Crippen LogP contribution in [0.2, 0.25) is 0 Å². The first-order valence-corrected chi connectivity index (χ1v) is 10.9. The van der Waals surface area contributed by atoms with E-state index in [1.807, 2.05) is 47.4 Å². The van der Waals surface area contributed by atoms with Gasteiger partial charge >= 0.3 is 0 Å². The molecule has 0 spiro atoms. The van der Waals surface area contributed by atoms with Crippen molar-refractivity contribution in [1.82, 2.24) is 9.80 Å². The Morgan fingerprint density at radius 3 is 1.83 bits per heavy atom. The SMILES string of the molecule is O=C(C(c1ccccc1)c1ccccc1)N1CCN(Cc2ccccc2Br)CC1. The predicted octanol–water partition coefficient (Wildman–Crippen LogP) is 4.93. The van der Waals surface area contributed by atoms with Crippen molar-refractivity contribution in [2.24, 2.45) is 0 Å². The van der Waals surface area contributed by atoms with Gasteiger partial charge < -0.3 is 4.90 Å². The second kappa shape index (κ2) is 9.38. The minimum Gasteiger partial charge on any atom is -0.339 e. The summed E-state index contributed by atoms with van der Waals surface area (Å²) in [6.45, 7) is 4.22. The highest BCUT2D eigenvalue weighted by Gasteiger charge is 2.29. The highest BCUT2D eigenvalue weighted by Crippen LogP contribution is 2.27. The number of halogens is 1. The summed E-state index contributed by atoms with van der Waals surface area (Å²) in [4.78, 5) is 18.0. The molecular weight excluding hydrogens is 424 g/mol. The number of hydrogen-bond donors (Lipinski definition) is 0. The van der Waals surface area contributed by atoms with Crippen LogP contribution in [0.25, 0.3) is 0 Å². The van der Waals surface area contributed by atoms with Crippen LogP contribution in [-0.2, 0) is 11.3 Å². The van der Waals surface area contributed by atoms with Crippen molar-refractivity contribution in [3.05, 3.63) is 106 Å². The molecule has 1 saturated heterocycles. The number of carbonyl (C=O) groups is 1. The maximum Gasteiger partial charge on any atom is 0.234 e. The molecule has 0 N–H and O–H groups in total. The molecule has 0 radical (unpaired) electrons. The minimum absolute atomic E-state index is 0.197. The quantitative estimate of drug-likeness (QED) is 0.552. The molecule has 0 atom stereocenters. The van der Waals surface area contributed by atoms with Gasteiger partial charge in [-0.3, -0.25) is 9.69 Å². The van der Waals surface area contributed by atoms with E-state index in [1.165, 1.54) is 5.56 Å². The van der Waals surface area contributed by atoms with E-state index in [0.717, 1.165) is 48.3 Å². The van der Waals surface area contributed by atoms with E-state index in [2.05, 4.69) is 63.3 Å². The fourth-order valence-corrected chi connectivity index (χ4v) is 4.36. The van der Waals surface area contributed by atoms with E-state index in [4.69, 9.17) is 0 Å². The van der Waals surface area contributed by atoms with Gasteiger partial charge in [0.25, 0.3) is 0 Å². The Hall–Kier alpha value is -2.43. The van der Waals surface area contributed by atoms with Gasteiger partial charge in [-0.1, -0.05) is 94.8 Å². The lowest BCUT2D eigenvalue weighted by Gasteiger charge is -2.36. The maximum atomic E-state index is 13.5. The van der Waals surface area contributed by atoms with Crippen LogP contribution < -0.4 is 0 Å². The lowest BCUT2D eigenvalue weighted by Crippen LogP contribution is -2.49. The van der Waals surface area contributed by atoms with Crippen molar-refractivity contribution in [3.8, 4) is 0 Å². The van der Waals surface area contributed by atoms with Crippen LogP contribution in [0.4, 0.5) is 0 Å². The average molecular weight is 449 g/mol. The monoisotopic (exact) mass is 448 g/mol. The lowest BCUT2D eigenvalue weighted by atomic mass is 9.90. The van der Waals surface area contributed by atoms with Crippen molar-refractivity contribution in [2.75, 3.05) is 26.2 Å². The van der Waals surface area contributed by atoms with Gasteiger partial charge in [-0.2, -0.15) is 0 Å². The Balaban J connectivity index is 1.46. The first-order chi connectivity index (χ1) is 14.2. The van der Waals surface area contributed by atoms with E-state index in [1.54, 1.807) is 0 Å². The number of hydrogen-bond acceptors (Lipinski definition) is 2. The largest absolute Gasteiger partial charge is 0.339 e. The molecule has 0 saturated carbocycles. The summed E-state index contributed by atoms with van der Waals surface area (Å²) in [7, 11) is 0.